The van der Waals surface area contributed by atoms with Crippen molar-refractivity contribution in [3.05, 3.63) is 66.5 Å². The van der Waals surface area contributed by atoms with Crippen LogP contribution in [0.5, 0.6) is 5.75 Å². The van der Waals surface area contributed by atoms with Crippen molar-refractivity contribution in [3.8, 4) is 28.3 Å². The smallest absolute Gasteiger partial charge is 0.159 e. The monoisotopic (exact) mass is 418 g/mol. The highest BCUT2D eigenvalue weighted by Gasteiger charge is 2.05. The summed E-state index contributed by atoms with van der Waals surface area (Å²) >= 11 is 0. The predicted octanol–water partition coefficient (Wildman–Crippen LogP) is 6.74. The van der Waals surface area contributed by atoms with Gasteiger partial charge in [0.25, 0.3) is 0 Å². The van der Waals surface area contributed by atoms with E-state index in [2.05, 4.69) is 41.2 Å². The molecule has 0 aliphatic rings. The van der Waals surface area contributed by atoms with Crippen molar-refractivity contribution in [1.82, 2.24) is 9.97 Å². The molecule has 0 N–H and O–H groups in total. The molecule has 0 bridgehead atoms. The summed E-state index contributed by atoms with van der Waals surface area (Å²) in [5, 5.41) is 0. The Bertz CT molecular complexity index is 875. The van der Waals surface area contributed by atoms with E-state index >= 15 is 0 Å². The molecule has 0 saturated heterocycles. The summed E-state index contributed by atoms with van der Waals surface area (Å²) in [7, 11) is 0. The summed E-state index contributed by atoms with van der Waals surface area (Å²) in [6.45, 7) is 6.53. The maximum absolute atomic E-state index is 5.80. The Morgan fingerprint density at radius 1 is 0.677 bits per heavy atom. The Morgan fingerprint density at radius 3 is 2.03 bits per heavy atom. The number of unbranched alkanes of at least 4 members (excludes halogenated alkanes) is 3. The van der Waals surface area contributed by atoms with Crippen LogP contribution in [0.25, 0.3) is 22.5 Å². The third kappa shape index (κ3) is 7.48. The minimum Gasteiger partial charge on any atom is -0.494 e. The highest BCUT2D eigenvalue weighted by atomic mass is 16.5. The first kappa shape index (κ1) is 23.0. The molecule has 0 aliphatic heterocycles. The van der Waals surface area contributed by atoms with E-state index in [9.17, 15) is 0 Å². The number of hydrogen-bond donors (Lipinski definition) is 0. The van der Waals surface area contributed by atoms with Gasteiger partial charge in [0, 0.05) is 36.7 Å². The predicted molar refractivity (Wildman–Crippen MR) is 127 cm³/mol. The fraction of sp³-hybridized carbons (Fsp3) is 0.407. The largest absolute Gasteiger partial charge is 0.494 e. The number of aromatic nitrogens is 2. The quantitative estimate of drug-likeness (QED) is 0.288. The summed E-state index contributed by atoms with van der Waals surface area (Å²) < 4.78 is 11.1. The van der Waals surface area contributed by atoms with Crippen molar-refractivity contribution < 1.29 is 9.47 Å². The first-order valence-corrected chi connectivity index (χ1v) is 11.5. The Kier molecular flexibility index (Phi) is 9.52. The van der Waals surface area contributed by atoms with Crippen LogP contribution in [0.15, 0.2) is 60.9 Å². The molecule has 0 atom stereocenters. The first-order chi connectivity index (χ1) is 15.3. The zero-order valence-electron chi connectivity index (χ0n) is 18.8. The van der Waals surface area contributed by atoms with E-state index in [0.29, 0.717) is 6.61 Å². The van der Waals surface area contributed by atoms with Gasteiger partial charge in [-0.3, -0.25) is 0 Å². The second kappa shape index (κ2) is 12.9. The van der Waals surface area contributed by atoms with E-state index in [1.54, 1.807) is 0 Å². The van der Waals surface area contributed by atoms with Crippen LogP contribution in [0, 0.1) is 0 Å². The number of nitrogens with zero attached hydrogens (tertiary/aromatic N) is 2. The zero-order valence-corrected chi connectivity index (χ0v) is 18.8. The Balaban J connectivity index is 1.52. The molecule has 1 heterocycles. The average Bonchev–Trinajstić information content (AvgIpc) is 2.82. The topological polar surface area (TPSA) is 44.2 Å². The van der Waals surface area contributed by atoms with E-state index in [1.807, 2.05) is 43.6 Å². The van der Waals surface area contributed by atoms with Crippen LogP contribution >= 0.6 is 0 Å². The third-order valence-corrected chi connectivity index (χ3v) is 5.28. The summed E-state index contributed by atoms with van der Waals surface area (Å²) in [6.07, 6.45) is 10.8. The molecule has 164 valence electrons. The molecule has 4 nitrogen and oxygen atoms in total. The Labute approximate surface area is 186 Å². The second-order valence-electron chi connectivity index (χ2n) is 7.73. The molecule has 2 aromatic carbocycles. The van der Waals surface area contributed by atoms with Crippen molar-refractivity contribution >= 4 is 0 Å². The maximum Gasteiger partial charge on any atom is 0.159 e. The van der Waals surface area contributed by atoms with E-state index in [0.717, 1.165) is 60.7 Å². The number of hydrogen-bond acceptors (Lipinski definition) is 4. The first-order valence-electron chi connectivity index (χ1n) is 11.5. The van der Waals surface area contributed by atoms with E-state index in [1.165, 1.54) is 24.8 Å². The van der Waals surface area contributed by atoms with Crippen LogP contribution in [0.1, 0.15) is 51.5 Å². The molecule has 31 heavy (non-hydrogen) atoms. The number of aryl methyl sites for hydroxylation is 1. The number of rotatable bonds is 13. The Hall–Kier alpha value is -2.72. The molecular weight excluding hydrogens is 384 g/mol. The summed E-state index contributed by atoms with van der Waals surface area (Å²) in [5.41, 5.74) is 4.57. The molecule has 0 fully saturated rings. The minimum absolute atomic E-state index is 0.703. The van der Waals surface area contributed by atoms with E-state index < -0.39 is 0 Å². The third-order valence-electron chi connectivity index (χ3n) is 5.28. The summed E-state index contributed by atoms with van der Waals surface area (Å²) in [4.78, 5) is 9.15. The number of benzene rings is 2. The van der Waals surface area contributed by atoms with Crippen LogP contribution in [0.2, 0.25) is 0 Å². The van der Waals surface area contributed by atoms with Gasteiger partial charge >= 0.3 is 0 Å². The van der Waals surface area contributed by atoms with Crippen LogP contribution < -0.4 is 4.74 Å². The summed E-state index contributed by atoms with van der Waals surface area (Å²) in [5.74, 6) is 1.60. The standard InChI is InChI=1S/C27H34N2O2/c1-3-5-6-9-22-10-12-23(13-11-22)25-20-28-27(29-21-25)24-14-16-26(17-15-24)31-19-8-7-18-30-4-2/h10-17,20-21H,3-9,18-19H2,1-2H3. The van der Waals surface area contributed by atoms with Gasteiger partial charge in [-0.2, -0.15) is 0 Å². The molecule has 0 spiro atoms. The summed E-state index contributed by atoms with van der Waals surface area (Å²) in [6, 6.07) is 16.7. The van der Waals surface area contributed by atoms with Gasteiger partial charge in [-0.1, -0.05) is 44.0 Å². The molecule has 1 aromatic heterocycles. The highest BCUT2D eigenvalue weighted by molar-refractivity contribution is 5.64. The zero-order chi connectivity index (χ0) is 21.7. The maximum atomic E-state index is 5.80. The molecule has 4 heteroatoms. The second-order valence-corrected chi connectivity index (χ2v) is 7.73. The van der Waals surface area contributed by atoms with Gasteiger partial charge in [0.05, 0.1) is 6.61 Å². The highest BCUT2D eigenvalue weighted by Crippen LogP contribution is 2.23. The molecule has 0 unspecified atom stereocenters. The molecule has 0 aliphatic carbocycles. The van der Waals surface area contributed by atoms with Crippen LogP contribution in [0.3, 0.4) is 0 Å². The van der Waals surface area contributed by atoms with Crippen molar-refractivity contribution in [1.29, 1.82) is 0 Å². The SMILES string of the molecule is CCCCCc1ccc(-c2cnc(-c3ccc(OCCCCOCC)cc3)nc2)cc1. The van der Waals surface area contributed by atoms with E-state index in [4.69, 9.17) is 9.47 Å². The lowest BCUT2D eigenvalue weighted by molar-refractivity contribution is 0.138. The van der Waals surface area contributed by atoms with Gasteiger partial charge in [0.2, 0.25) is 0 Å². The van der Waals surface area contributed by atoms with Gasteiger partial charge in [0.15, 0.2) is 5.82 Å². The number of ether oxygens (including phenoxy) is 2. The average molecular weight is 419 g/mol. The van der Waals surface area contributed by atoms with Gasteiger partial charge in [-0.25, -0.2) is 9.97 Å². The van der Waals surface area contributed by atoms with Crippen molar-refractivity contribution in [2.75, 3.05) is 19.8 Å². The minimum atomic E-state index is 0.703. The van der Waals surface area contributed by atoms with Gasteiger partial charge in [0.1, 0.15) is 5.75 Å². The lowest BCUT2D eigenvalue weighted by Crippen LogP contribution is -2.00. The fourth-order valence-electron chi connectivity index (χ4n) is 3.41. The molecule has 0 amide bonds. The molecule has 0 saturated carbocycles. The van der Waals surface area contributed by atoms with Crippen molar-refractivity contribution in [3.63, 3.8) is 0 Å². The van der Waals surface area contributed by atoms with E-state index in [-0.39, 0.29) is 0 Å². The fourth-order valence-corrected chi connectivity index (χ4v) is 3.41. The van der Waals surface area contributed by atoms with Gasteiger partial charge in [-0.15, -0.1) is 0 Å². The van der Waals surface area contributed by atoms with Crippen molar-refractivity contribution in [2.24, 2.45) is 0 Å². The van der Waals surface area contributed by atoms with Crippen LogP contribution in [-0.2, 0) is 11.2 Å². The van der Waals surface area contributed by atoms with Gasteiger partial charge < -0.3 is 9.47 Å². The van der Waals surface area contributed by atoms with Crippen LogP contribution in [-0.4, -0.2) is 29.8 Å². The Morgan fingerprint density at radius 2 is 1.35 bits per heavy atom. The normalized spacial score (nSPS) is 10.9. The van der Waals surface area contributed by atoms with Crippen LogP contribution in [0.4, 0.5) is 0 Å². The lowest BCUT2D eigenvalue weighted by atomic mass is 10.0. The molecule has 3 rings (SSSR count). The van der Waals surface area contributed by atoms with Crippen molar-refractivity contribution in [2.45, 2.75) is 52.4 Å². The molecule has 3 aromatic rings. The molecule has 0 radical (unpaired) electrons. The van der Waals surface area contributed by atoms with Gasteiger partial charge in [-0.05, 0) is 68.0 Å². The lowest BCUT2D eigenvalue weighted by Gasteiger charge is -2.08. The molecular formula is C27H34N2O2.